The molecule has 362 valence electrons. The lowest BCUT2D eigenvalue weighted by Gasteiger charge is -2.63. The molecule has 2 heterocycles. The van der Waals surface area contributed by atoms with Crippen molar-refractivity contribution in [3.63, 3.8) is 0 Å². The van der Waals surface area contributed by atoms with E-state index in [-0.39, 0.29) is 66.8 Å². The topological polar surface area (TPSA) is 196 Å². The number of aliphatic hydroxyl groups excluding tert-OH is 1. The van der Waals surface area contributed by atoms with Crippen molar-refractivity contribution in [2.45, 2.75) is 118 Å². The van der Waals surface area contributed by atoms with Crippen LogP contribution in [0, 0.1) is 23.2 Å². The summed E-state index contributed by atoms with van der Waals surface area (Å²) in [6, 6.07) is 18.4. The highest BCUT2D eigenvalue weighted by Crippen LogP contribution is 2.55. The molecule has 6 rings (SSSR count). The number of carbonyl (C=O) groups is 4. The third kappa shape index (κ3) is 12.3. The van der Waals surface area contributed by atoms with Gasteiger partial charge in [0.25, 0.3) is 5.91 Å². The number of nitrogens with one attached hydrogen (secondary N) is 5. The maximum absolute atomic E-state index is 14.0. The first-order chi connectivity index (χ1) is 31.7. The molecule has 1 aromatic heterocycles. The molecule has 3 atom stereocenters. The van der Waals surface area contributed by atoms with Gasteiger partial charge in [0, 0.05) is 60.6 Å². The van der Waals surface area contributed by atoms with Crippen LogP contribution >= 0.6 is 11.6 Å². The fraction of sp³-hybridized carbons (Fsp3) is 0.510. The van der Waals surface area contributed by atoms with Crippen molar-refractivity contribution in [3.8, 4) is 22.8 Å². The molecule has 4 aromatic rings. The molecule has 0 radical (unpaired) electrons. The fourth-order valence-electron chi connectivity index (χ4n) is 9.54. The number of nitrogens with zero attached hydrogens (tertiary/aromatic N) is 2. The standard InChI is InChI=1S/C51H68ClN7O8/c1-31-42(66-30-56-31)33-15-13-32(14-16-33)27-55-45(63)40-25-35(60)29-59(40)46(64)43(49(2,3)4)57-41(61)28-54-23-11-10-12-24-65-36-19-17-34(18-20-36)44(62)58-47-50(5,6)48(51(47,7)8)67-37-21-22-39(53-9)38(52)26-37/h13-22,26,30,35,40,43,47-48,53-54,60H,10-12,23-25,27-29H2,1-9H3,(H,55,63)(H,57,61)(H,58,62)/t35-,40+,43-,47?,48?/m1/s1. The number of β-amino-alcohol motifs (C(OH)–C–C–N with tert-alkyl or cyclic N) is 1. The molecule has 0 spiro atoms. The van der Waals surface area contributed by atoms with Crippen LogP contribution in [0.1, 0.15) is 95.8 Å². The van der Waals surface area contributed by atoms with Crippen molar-refractivity contribution >= 4 is 40.9 Å². The van der Waals surface area contributed by atoms with Crippen LogP contribution in [-0.2, 0) is 20.9 Å². The van der Waals surface area contributed by atoms with E-state index in [1.54, 1.807) is 24.3 Å². The minimum Gasteiger partial charge on any atom is -0.494 e. The van der Waals surface area contributed by atoms with Crippen LogP contribution in [0.5, 0.6) is 11.5 Å². The van der Waals surface area contributed by atoms with Crippen LogP contribution in [0.4, 0.5) is 5.69 Å². The second-order valence-electron chi connectivity index (χ2n) is 20.0. The van der Waals surface area contributed by atoms with Crippen molar-refractivity contribution in [2.24, 2.45) is 16.2 Å². The number of rotatable bonds is 20. The van der Waals surface area contributed by atoms with Gasteiger partial charge in [0.1, 0.15) is 29.7 Å². The monoisotopic (exact) mass is 941 g/mol. The summed E-state index contributed by atoms with van der Waals surface area (Å²) in [5.41, 5.74) is 2.54. The Kier molecular flexibility index (Phi) is 16.3. The summed E-state index contributed by atoms with van der Waals surface area (Å²) in [5.74, 6) is 0.757. The molecule has 0 unspecified atom stereocenters. The Hall–Kier alpha value is -5.64. The Balaban J connectivity index is 0.877. The van der Waals surface area contributed by atoms with Gasteiger partial charge in [-0.25, -0.2) is 4.98 Å². The van der Waals surface area contributed by atoms with Crippen molar-refractivity contribution in [2.75, 3.05) is 38.6 Å². The third-order valence-electron chi connectivity index (χ3n) is 13.0. The Bertz CT molecular complexity index is 2330. The summed E-state index contributed by atoms with van der Waals surface area (Å²) in [5, 5.41) is 26.4. The van der Waals surface area contributed by atoms with Gasteiger partial charge in [-0.1, -0.05) is 84.3 Å². The molecule has 6 N–H and O–H groups in total. The number of hydrogen-bond acceptors (Lipinski definition) is 11. The van der Waals surface area contributed by atoms with E-state index in [1.165, 1.54) is 11.3 Å². The Morgan fingerprint density at radius 2 is 1.64 bits per heavy atom. The number of likely N-dealkylation sites (tertiary alicyclic amines) is 1. The Labute approximate surface area is 399 Å². The van der Waals surface area contributed by atoms with E-state index in [9.17, 15) is 24.3 Å². The molecule has 67 heavy (non-hydrogen) atoms. The van der Waals surface area contributed by atoms with Gasteiger partial charge >= 0.3 is 0 Å². The van der Waals surface area contributed by atoms with E-state index in [4.69, 9.17) is 25.5 Å². The Morgan fingerprint density at radius 1 is 0.955 bits per heavy atom. The zero-order valence-corrected chi connectivity index (χ0v) is 41.0. The maximum atomic E-state index is 14.0. The van der Waals surface area contributed by atoms with Crippen molar-refractivity contribution in [1.29, 1.82) is 0 Å². The lowest BCUT2D eigenvalue weighted by Crippen LogP contribution is -2.74. The predicted molar refractivity (Wildman–Crippen MR) is 259 cm³/mol. The zero-order chi connectivity index (χ0) is 48.7. The van der Waals surface area contributed by atoms with Crippen LogP contribution in [0.15, 0.2) is 77.5 Å². The molecule has 1 aliphatic heterocycles. The predicted octanol–water partition coefficient (Wildman–Crippen LogP) is 6.90. The van der Waals surface area contributed by atoms with Gasteiger partial charge in [0.05, 0.1) is 35.7 Å². The van der Waals surface area contributed by atoms with Crippen molar-refractivity contribution in [1.82, 2.24) is 31.2 Å². The minimum atomic E-state index is -0.918. The molecule has 1 aliphatic carbocycles. The highest BCUT2D eigenvalue weighted by atomic mass is 35.5. The third-order valence-corrected chi connectivity index (χ3v) is 13.3. The molecule has 16 heteroatoms. The summed E-state index contributed by atoms with van der Waals surface area (Å²) in [6.45, 7) is 17.2. The number of benzene rings is 3. The van der Waals surface area contributed by atoms with Crippen LogP contribution in [0.2, 0.25) is 5.02 Å². The van der Waals surface area contributed by atoms with Gasteiger partial charge in [-0.05, 0) is 80.1 Å². The average Bonchev–Trinajstić information content (AvgIpc) is 3.91. The minimum absolute atomic E-state index is 0.00452. The van der Waals surface area contributed by atoms with Gasteiger partial charge < -0.3 is 50.5 Å². The quantitative estimate of drug-likeness (QED) is 0.0505. The van der Waals surface area contributed by atoms with Gasteiger partial charge in [0.15, 0.2) is 12.2 Å². The molecule has 15 nitrogen and oxygen atoms in total. The number of aryl methyl sites for hydroxylation is 1. The summed E-state index contributed by atoms with van der Waals surface area (Å²) < 4.78 is 17.8. The molecule has 1 saturated carbocycles. The number of carbonyl (C=O) groups excluding carboxylic acids is 4. The largest absolute Gasteiger partial charge is 0.494 e. The zero-order valence-electron chi connectivity index (χ0n) is 40.3. The van der Waals surface area contributed by atoms with Crippen LogP contribution in [0.25, 0.3) is 11.3 Å². The summed E-state index contributed by atoms with van der Waals surface area (Å²) in [4.78, 5) is 59.4. The number of ether oxygens (including phenoxy) is 2. The lowest BCUT2D eigenvalue weighted by atomic mass is 9.49. The van der Waals surface area contributed by atoms with E-state index in [2.05, 4.69) is 59.3 Å². The number of aromatic nitrogens is 1. The Morgan fingerprint density at radius 3 is 2.27 bits per heavy atom. The number of unbranched alkanes of at least 4 members (excludes halogenated alkanes) is 2. The van der Waals surface area contributed by atoms with Crippen LogP contribution < -0.4 is 36.1 Å². The van der Waals surface area contributed by atoms with E-state index in [0.29, 0.717) is 41.0 Å². The average molecular weight is 943 g/mol. The number of halogens is 1. The van der Waals surface area contributed by atoms with Gasteiger partial charge in [-0.15, -0.1) is 0 Å². The molecule has 2 fully saturated rings. The van der Waals surface area contributed by atoms with Crippen molar-refractivity contribution < 1.29 is 38.2 Å². The van der Waals surface area contributed by atoms with E-state index < -0.39 is 29.5 Å². The normalized spacial score (nSPS) is 20.0. The SMILES string of the molecule is CNc1ccc(OC2C(C)(C)C(NC(=O)c3ccc(OCCCCCNCC(=O)N[C@H](C(=O)N4C[C@H](O)C[C@H]4C(=O)NCc4ccc(-c5ocnc5C)cc4)C(C)(C)C)cc3)C2(C)C)cc1Cl. The fourth-order valence-corrected chi connectivity index (χ4v) is 9.80. The number of oxazole rings is 1. The molecule has 1 saturated heterocycles. The lowest BCUT2D eigenvalue weighted by molar-refractivity contribution is -0.164. The summed E-state index contributed by atoms with van der Waals surface area (Å²) in [7, 11) is 1.82. The van der Waals surface area contributed by atoms with E-state index in [1.807, 2.05) is 77.2 Å². The van der Waals surface area contributed by atoms with E-state index >= 15 is 0 Å². The molecule has 0 bridgehead atoms. The second-order valence-corrected chi connectivity index (χ2v) is 20.4. The van der Waals surface area contributed by atoms with Crippen LogP contribution in [-0.4, -0.2) is 102 Å². The summed E-state index contributed by atoms with van der Waals surface area (Å²) >= 11 is 6.39. The van der Waals surface area contributed by atoms with Gasteiger partial charge in [0.2, 0.25) is 17.7 Å². The first-order valence-electron chi connectivity index (χ1n) is 23.1. The number of aliphatic hydroxyl groups is 1. The molecule has 2 aliphatic rings. The van der Waals surface area contributed by atoms with Gasteiger partial charge in [-0.3, -0.25) is 19.2 Å². The molecular weight excluding hydrogens is 874 g/mol. The second kappa shape index (κ2) is 21.5. The smallest absolute Gasteiger partial charge is 0.251 e. The molecular formula is C51H68ClN7O8. The number of anilines is 1. The molecule has 4 amide bonds. The number of hydrogen-bond donors (Lipinski definition) is 6. The maximum Gasteiger partial charge on any atom is 0.251 e. The van der Waals surface area contributed by atoms with Crippen LogP contribution in [0.3, 0.4) is 0 Å². The first-order valence-corrected chi connectivity index (χ1v) is 23.5. The van der Waals surface area contributed by atoms with Crippen molar-refractivity contribution in [3.05, 3.63) is 95.0 Å². The molecule has 3 aromatic carbocycles. The first kappa shape index (κ1) is 50.8. The highest BCUT2D eigenvalue weighted by Gasteiger charge is 2.64. The highest BCUT2D eigenvalue weighted by molar-refractivity contribution is 6.33. The van der Waals surface area contributed by atoms with Gasteiger partial charge in [-0.2, -0.15) is 0 Å². The summed E-state index contributed by atoms with van der Waals surface area (Å²) in [6.07, 6.45) is 2.95. The number of amides is 4. The van der Waals surface area contributed by atoms with E-state index in [0.717, 1.165) is 41.8 Å².